The molecule has 0 saturated heterocycles. The highest BCUT2D eigenvalue weighted by Gasteiger charge is 2.51. The molecule has 7 heteroatoms. The quantitative estimate of drug-likeness (QED) is 0.520. The summed E-state index contributed by atoms with van der Waals surface area (Å²) in [6, 6.07) is 16.7. The first-order chi connectivity index (χ1) is 15.2. The molecule has 2 atom stereocenters. The van der Waals surface area contributed by atoms with Crippen LogP contribution >= 0.6 is 0 Å². The van der Waals surface area contributed by atoms with Crippen LogP contribution in [0.15, 0.2) is 54.6 Å². The molecule has 7 nitrogen and oxygen atoms in total. The maximum Gasteiger partial charge on any atom is 0.334 e. The Labute approximate surface area is 188 Å². The number of aliphatic carboxylic acids is 2. The molecule has 1 aliphatic rings. The third-order valence-electron chi connectivity index (χ3n) is 6.16. The van der Waals surface area contributed by atoms with Gasteiger partial charge in [0.05, 0.1) is 5.92 Å². The number of amides is 1. The highest BCUT2D eigenvalue weighted by Crippen LogP contribution is 2.27. The Morgan fingerprint density at radius 2 is 1.62 bits per heavy atom. The molecule has 0 aromatic heterocycles. The fraction of sp³-hybridized carbons (Fsp3) is 0.400. The Morgan fingerprint density at radius 3 is 2.22 bits per heavy atom. The Kier molecular flexibility index (Phi) is 7.30. The standard InChI is InChI=1S/C25H30N2O5/c1-17(2)27(16-21(22(28)29)13-12-18-8-4-3-5-9-18)23(30)25(24(31)32)14-19-10-6-7-11-20(19)15-26-25/h3-11,17,21,26H,12-16H2,1-2H3,(H,28,29)(H,31,32)/t21?,25-/m0/s1. The minimum atomic E-state index is -1.82. The normalized spacial score (nSPS) is 18.6. The zero-order valence-corrected chi connectivity index (χ0v) is 18.5. The minimum absolute atomic E-state index is 0.0162. The van der Waals surface area contributed by atoms with Gasteiger partial charge in [0.2, 0.25) is 5.54 Å². The van der Waals surface area contributed by atoms with E-state index in [9.17, 15) is 24.6 Å². The van der Waals surface area contributed by atoms with Crippen LogP contribution in [0.1, 0.15) is 37.0 Å². The van der Waals surface area contributed by atoms with Crippen LogP contribution < -0.4 is 5.32 Å². The third-order valence-corrected chi connectivity index (χ3v) is 6.16. The van der Waals surface area contributed by atoms with E-state index in [1.165, 1.54) is 4.90 Å². The highest BCUT2D eigenvalue weighted by molar-refractivity contribution is 6.07. The number of benzene rings is 2. The molecular formula is C25H30N2O5. The summed E-state index contributed by atoms with van der Waals surface area (Å²) < 4.78 is 0. The predicted molar refractivity (Wildman–Crippen MR) is 120 cm³/mol. The van der Waals surface area contributed by atoms with Gasteiger partial charge in [0, 0.05) is 25.6 Å². The van der Waals surface area contributed by atoms with Gasteiger partial charge in [-0.25, -0.2) is 4.79 Å². The predicted octanol–water partition coefficient (Wildman–Crippen LogP) is 2.73. The van der Waals surface area contributed by atoms with Crippen LogP contribution in [0.2, 0.25) is 0 Å². The second kappa shape index (κ2) is 9.96. The largest absolute Gasteiger partial charge is 0.481 e. The van der Waals surface area contributed by atoms with E-state index in [0.29, 0.717) is 12.8 Å². The van der Waals surface area contributed by atoms with Gasteiger partial charge >= 0.3 is 11.9 Å². The van der Waals surface area contributed by atoms with Crippen LogP contribution in [0, 0.1) is 5.92 Å². The van der Waals surface area contributed by atoms with E-state index in [0.717, 1.165) is 16.7 Å². The van der Waals surface area contributed by atoms with Crippen LogP contribution in [-0.2, 0) is 33.8 Å². The Bertz CT molecular complexity index is 975. The van der Waals surface area contributed by atoms with Crippen molar-refractivity contribution in [2.24, 2.45) is 5.92 Å². The molecule has 3 rings (SSSR count). The van der Waals surface area contributed by atoms with Crippen molar-refractivity contribution in [3.8, 4) is 0 Å². The van der Waals surface area contributed by atoms with Crippen molar-refractivity contribution in [2.75, 3.05) is 6.54 Å². The lowest BCUT2D eigenvalue weighted by Crippen LogP contribution is -2.66. The summed E-state index contributed by atoms with van der Waals surface area (Å²) in [7, 11) is 0. The zero-order valence-electron chi connectivity index (χ0n) is 18.5. The van der Waals surface area contributed by atoms with Crippen molar-refractivity contribution < 1.29 is 24.6 Å². The smallest absolute Gasteiger partial charge is 0.334 e. The molecule has 1 amide bonds. The van der Waals surface area contributed by atoms with E-state index in [2.05, 4.69) is 5.32 Å². The number of carboxylic acid groups (broad SMARTS) is 2. The van der Waals surface area contributed by atoms with Gasteiger partial charge in [-0.15, -0.1) is 0 Å². The SMILES string of the molecule is CC(C)N(CC(CCc1ccccc1)C(=O)O)C(=O)[C@]1(C(=O)O)Cc2ccccc2CN1. The maximum absolute atomic E-state index is 13.6. The molecule has 0 aliphatic carbocycles. The fourth-order valence-electron chi connectivity index (χ4n) is 4.18. The lowest BCUT2D eigenvalue weighted by molar-refractivity contribution is -0.157. The summed E-state index contributed by atoms with van der Waals surface area (Å²) in [6.07, 6.45) is 0.933. The second-order valence-corrected chi connectivity index (χ2v) is 8.62. The van der Waals surface area contributed by atoms with Gasteiger partial charge in [-0.05, 0) is 43.4 Å². The van der Waals surface area contributed by atoms with E-state index in [1.54, 1.807) is 13.8 Å². The molecule has 32 heavy (non-hydrogen) atoms. The molecule has 1 aliphatic heterocycles. The summed E-state index contributed by atoms with van der Waals surface area (Å²) in [5, 5.41) is 22.8. The summed E-state index contributed by atoms with van der Waals surface area (Å²) >= 11 is 0. The average Bonchev–Trinajstić information content (AvgIpc) is 2.78. The topological polar surface area (TPSA) is 107 Å². The molecule has 0 radical (unpaired) electrons. The average molecular weight is 439 g/mol. The Morgan fingerprint density at radius 1 is 1.00 bits per heavy atom. The summed E-state index contributed by atoms with van der Waals surface area (Å²) in [4.78, 5) is 39.4. The van der Waals surface area contributed by atoms with Crippen molar-refractivity contribution in [3.05, 3.63) is 71.3 Å². The first-order valence-corrected chi connectivity index (χ1v) is 10.9. The Balaban J connectivity index is 1.83. The number of nitrogens with one attached hydrogen (secondary N) is 1. The zero-order chi connectivity index (χ0) is 23.3. The van der Waals surface area contributed by atoms with Crippen LogP contribution in [-0.4, -0.2) is 51.1 Å². The van der Waals surface area contributed by atoms with Crippen molar-refractivity contribution in [2.45, 2.75) is 51.2 Å². The second-order valence-electron chi connectivity index (χ2n) is 8.62. The molecule has 2 aromatic carbocycles. The molecule has 3 N–H and O–H groups in total. The minimum Gasteiger partial charge on any atom is -0.481 e. The molecule has 0 saturated carbocycles. The molecule has 1 heterocycles. The van der Waals surface area contributed by atoms with E-state index < -0.39 is 29.3 Å². The van der Waals surface area contributed by atoms with E-state index in [-0.39, 0.29) is 25.6 Å². The molecule has 1 unspecified atom stereocenters. The first-order valence-electron chi connectivity index (χ1n) is 10.9. The van der Waals surface area contributed by atoms with Crippen LogP contribution in [0.3, 0.4) is 0 Å². The fourth-order valence-corrected chi connectivity index (χ4v) is 4.18. The van der Waals surface area contributed by atoms with Crippen molar-refractivity contribution >= 4 is 17.8 Å². The number of fused-ring (bicyclic) bond motifs is 1. The van der Waals surface area contributed by atoms with Crippen LogP contribution in [0.25, 0.3) is 0 Å². The number of aryl methyl sites for hydroxylation is 1. The number of hydrogen-bond acceptors (Lipinski definition) is 4. The molecule has 0 fully saturated rings. The van der Waals surface area contributed by atoms with Gasteiger partial charge in [-0.2, -0.15) is 0 Å². The molecular weight excluding hydrogens is 408 g/mol. The van der Waals surface area contributed by atoms with E-state index >= 15 is 0 Å². The van der Waals surface area contributed by atoms with Gasteiger partial charge in [0.25, 0.3) is 5.91 Å². The number of rotatable bonds is 9. The highest BCUT2D eigenvalue weighted by atomic mass is 16.4. The monoisotopic (exact) mass is 438 g/mol. The summed E-state index contributed by atoms with van der Waals surface area (Å²) in [5.74, 6) is -3.65. The van der Waals surface area contributed by atoms with E-state index in [1.807, 2.05) is 54.6 Å². The maximum atomic E-state index is 13.6. The number of carbonyl (C=O) groups excluding carboxylic acids is 1. The van der Waals surface area contributed by atoms with E-state index in [4.69, 9.17) is 0 Å². The van der Waals surface area contributed by atoms with Gasteiger partial charge < -0.3 is 15.1 Å². The number of hydrogen-bond donors (Lipinski definition) is 3. The van der Waals surface area contributed by atoms with Gasteiger partial charge in [0.15, 0.2) is 0 Å². The first kappa shape index (κ1) is 23.5. The lowest BCUT2D eigenvalue weighted by atomic mass is 9.83. The summed E-state index contributed by atoms with van der Waals surface area (Å²) in [6.45, 7) is 3.77. The molecule has 0 spiro atoms. The van der Waals surface area contributed by atoms with Crippen molar-refractivity contribution in [1.82, 2.24) is 10.2 Å². The number of nitrogens with zero attached hydrogens (tertiary/aromatic N) is 1. The lowest BCUT2D eigenvalue weighted by Gasteiger charge is -2.40. The van der Waals surface area contributed by atoms with Gasteiger partial charge in [0.1, 0.15) is 0 Å². The molecule has 2 aromatic rings. The number of carboxylic acids is 2. The van der Waals surface area contributed by atoms with Crippen molar-refractivity contribution in [3.63, 3.8) is 0 Å². The molecule has 170 valence electrons. The molecule has 0 bridgehead atoms. The third kappa shape index (κ3) is 4.99. The van der Waals surface area contributed by atoms with Crippen LogP contribution in [0.5, 0.6) is 0 Å². The van der Waals surface area contributed by atoms with Crippen molar-refractivity contribution in [1.29, 1.82) is 0 Å². The van der Waals surface area contributed by atoms with Gasteiger partial charge in [-0.3, -0.25) is 14.9 Å². The Hall–Kier alpha value is -3.19. The van der Waals surface area contributed by atoms with Gasteiger partial charge in [-0.1, -0.05) is 54.6 Å². The number of carbonyl (C=O) groups is 3. The van der Waals surface area contributed by atoms with Crippen LogP contribution in [0.4, 0.5) is 0 Å². The summed E-state index contributed by atoms with van der Waals surface area (Å²) in [5.41, 5.74) is 0.971.